The number of aromatic hydroxyl groups is 1. The third kappa shape index (κ3) is 4.08. The zero-order valence-corrected chi connectivity index (χ0v) is 12.4. The third-order valence-corrected chi connectivity index (χ3v) is 3.12. The first-order valence-corrected chi connectivity index (χ1v) is 6.80. The maximum atomic E-state index is 12.0. The molecule has 0 aliphatic heterocycles. The number of phenolic OH excluding ortho intramolecular Hbond substituents is 1. The van der Waals surface area contributed by atoms with Gasteiger partial charge in [-0.25, -0.2) is 5.43 Å². The van der Waals surface area contributed by atoms with Gasteiger partial charge in [-0.2, -0.15) is 10.4 Å². The van der Waals surface area contributed by atoms with Gasteiger partial charge in [-0.15, -0.1) is 0 Å². The van der Waals surface area contributed by atoms with Crippen LogP contribution in [0.2, 0.25) is 0 Å². The summed E-state index contributed by atoms with van der Waals surface area (Å²) < 4.78 is 4.98. The molecule has 0 radical (unpaired) electrons. The smallest absolute Gasteiger partial charge is 0.261 e. The van der Waals surface area contributed by atoms with Crippen molar-refractivity contribution in [2.75, 3.05) is 7.11 Å². The van der Waals surface area contributed by atoms with E-state index in [0.29, 0.717) is 16.9 Å². The standard InChI is InChI=1S/C17H15N3O3/c1-23-16-9-12(7-8-15(16)21)11-19-20-17(22)14(10-18)13-5-3-2-4-6-13/h2-9,11,14,21H,1H3,(H,20,22)/b19-11-/t14-/m0/s1. The number of nitriles is 1. The number of phenols is 1. The first-order valence-electron chi connectivity index (χ1n) is 6.80. The molecule has 6 nitrogen and oxygen atoms in total. The SMILES string of the molecule is COc1cc(/C=N\NC(=O)[C@@H](C#N)c2ccccc2)ccc1O. The van der Waals surface area contributed by atoms with E-state index in [1.165, 1.54) is 19.4 Å². The molecule has 2 aromatic rings. The Bertz CT molecular complexity index is 751. The fourth-order valence-corrected chi connectivity index (χ4v) is 1.94. The molecule has 6 heteroatoms. The van der Waals surface area contributed by atoms with E-state index in [0.717, 1.165) is 0 Å². The average Bonchev–Trinajstić information content (AvgIpc) is 2.58. The number of rotatable bonds is 5. The van der Waals surface area contributed by atoms with Crippen LogP contribution < -0.4 is 10.2 Å². The molecule has 0 unspecified atom stereocenters. The lowest BCUT2D eigenvalue weighted by Gasteiger charge is -2.07. The minimum absolute atomic E-state index is 0.0160. The molecule has 0 spiro atoms. The number of nitrogens with one attached hydrogen (secondary N) is 1. The molecule has 0 fully saturated rings. The highest BCUT2D eigenvalue weighted by Crippen LogP contribution is 2.25. The van der Waals surface area contributed by atoms with Crippen molar-refractivity contribution in [3.8, 4) is 17.6 Å². The van der Waals surface area contributed by atoms with Crippen molar-refractivity contribution in [3.05, 3.63) is 59.7 Å². The van der Waals surface area contributed by atoms with E-state index in [1.807, 2.05) is 12.1 Å². The summed E-state index contributed by atoms with van der Waals surface area (Å²) in [6, 6.07) is 15.4. The lowest BCUT2D eigenvalue weighted by atomic mass is 10.0. The molecular formula is C17H15N3O3. The molecular weight excluding hydrogens is 294 g/mol. The van der Waals surface area contributed by atoms with Crippen LogP contribution >= 0.6 is 0 Å². The Morgan fingerprint density at radius 3 is 2.74 bits per heavy atom. The van der Waals surface area contributed by atoms with Gasteiger partial charge in [-0.05, 0) is 29.3 Å². The van der Waals surface area contributed by atoms with Gasteiger partial charge in [0.2, 0.25) is 0 Å². The molecule has 0 saturated heterocycles. The lowest BCUT2D eigenvalue weighted by Crippen LogP contribution is -2.24. The van der Waals surface area contributed by atoms with Crippen molar-refractivity contribution in [1.82, 2.24) is 5.43 Å². The number of methoxy groups -OCH3 is 1. The van der Waals surface area contributed by atoms with Crippen molar-refractivity contribution in [2.45, 2.75) is 5.92 Å². The maximum absolute atomic E-state index is 12.0. The summed E-state index contributed by atoms with van der Waals surface area (Å²) in [5.74, 6) is -1.12. The normalized spacial score (nSPS) is 11.7. The van der Waals surface area contributed by atoms with Crippen molar-refractivity contribution in [2.24, 2.45) is 5.10 Å². The van der Waals surface area contributed by atoms with E-state index in [-0.39, 0.29) is 5.75 Å². The molecule has 0 bridgehead atoms. The van der Waals surface area contributed by atoms with Crippen LogP contribution in [0.15, 0.2) is 53.6 Å². The quantitative estimate of drug-likeness (QED) is 0.653. The highest BCUT2D eigenvalue weighted by atomic mass is 16.5. The second-order valence-electron chi connectivity index (χ2n) is 4.64. The van der Waals surface area contributed by atoms with E-state index >= 15 is 0 Å². The minimum atomic E-state index is -0.928. The molecule has 23 heavy (non-hydrogen) atoms. The van der Waals surface area contributed by atoms with Gasteiger partial charge in [-0.1, -0.05) is 30.3 Å². The van der Waals surface area contributed by atoms with Gasteiger partial charge in [0.05, 0.1) is 19.4 Å². The Morgan fingerprint density at radius 1 is 1.35 bits per heavy atom. The second-order valence-corrected chi connectivity index (χ2v) is 4.64. The Morgan fingerprint density at radius 2 is 2.09 bits per heavy atom. The van der Waals surface area contributed by atoms with Crippen LogP contribution in [0, 0.1) is 11.3 Å². The van der Waals surface area contributed by atoms with Crippen LogP contribution in [0.1, 0.15) is 17.0 Å². The fraction of sp³-hybridized carbons (Fsp3) is 0.118. The Hall–Kier alpha value is -3.33. The van der Waals surface area contributed by atoms with Crippen LogP contribution in [-0.2, 0) is 4.79 Å². The van der Waals surface area contributed by atoms with Crippen LogP contribution in [0.3, 0.4) is 0 Å². The maximum Gasteiger partial charge on any atom is 0.261 e. The highest BCUT2D eigenvalue weighted by Gasteiger charge is 2.19. The molecule has 2 rings (SSSR count). The number of carbonyl (C=O) groups is 1. The molecule has 0 aliphatic rings. The summed E-state index contributed by atoms with van der Waals surface area (Å²) in [5, 5.41) is 22.5. The summed E-state index contributed by atoms with van der Waals surface area (Å²) in [4.78, 5) is 12.0. The molecule has 1 atom stereocenters. The van der Waals surface area contributed by atoms with Crippen LogP contribution in [0.25, 0.3) is 0 Å². The van der Waals surface area contributed by atoms with Gasteiger partial charge in [0.15, 0.2) is 17.4 Å². The van der Waals surface area contributed by atoms with E-state index in [2.05, 4.69) is 10.5 Å². The Labute approximate surface area is 133 Å². The number of nitrogens with zero attached hydrogens (tertiary/aromatic N) is 2. The summed E-state index contributed by atoms with van der Waals surface area (Å²) in [7, 11) is 1.44. The van der Waals surface area contributed by atoms with Crippen molar-refractivity contribution in [1.29, 1.82) is 5.26 Å². The van der Waals surface area contributed by atoms with Crippen LogP contribution in [0.5, 0.6) is 11.5 Å². The van der Waals surface area contributed by atoms with Gasteiger partial charge >= 0.3 is 0 Å². The Kier molecular flexibility index (Phi) is 5.31. The molecule has 0 heterocycles. The molecule has 0 aromatic heterocycles. The number of hydrogen-bond acceptors (Lipinski definition) is 5. The van der Waals surface area contributed by atoms with Gasteiger partial charge in [0.1, 0.15) is 0 Å². The molecule has 0 aliphatic carbocycles. The Balaban J connectivity index is 2.05. The number of hydrazone groups is 1. The summed E-state index contributed by atoms with van der Waals surface area (Å²) in [6.45, 7) is 0. The first kappa shape index (κ1) is 16.0. The average molecular weight is 309 g/mol. The van der Waals surface area contributed by atoms with Gasteiger partial charge in [0.25, 0.3) is 5.91 Å². The molecule has 2 N–H and O–H groups in total. The number of benzene rings is 2. The molecule has 2 aromatic carbocycles. The predicted molar refractivity (Wildman–Crippen MR) is 85.2 cm³/mol. The summed E-state index contributed by atoms with van der Waals surface area (Å²) >= 11 is 0. The van der Waals surface area contributed by atoms with Crippen LogP contribution in [-0.4, -0.2) is 24.3 Å². The number of ether oxygens (including phenoxy) is 1. The van der Waals surface area contributed by atoms with Crippen LogP contribution in [0.4, 0.5) is 0 Å². The van der Waals surface area contributed by atoms with Gasteiger partial charge in [-0.3, -0.25) is 4.79 Å². The van der Waals surface area contributed by atoms with Crippen molar-refractivity contribution in [3.63, 3.8) is 0 Å². The largest absolute Gasteiger partial charge is 0.504 e. The number of hydrogen-bond donors (Lipinski definition) is 2. The zero-order chi connectivity index (χ0) is 16.7. The van der Waals surface area contributed by atoms with E-state index in [4.69, 9.17) is 10.00 Å². The van der Waals surface area contributed by atoms with E-state index in [1.54, 1.807) is 36.4 Å². The molecule has 1 amide bonds. The predicted octanol–water partition coefficient (Wildman–Crippen LogP) is 2.16. The summed E-state index contributed by atoms with van der Waals surface area (Å²) in [6.07, 6.45) is 1.40. The lowest BCUT2D eigenvalue weighted by molar-refractivity contribution is -0.121. The van der Waals surface area contributed by atoms with E-state index in [9.17, 15) is 9.90 Å². The third-order valence-electron chi connectivity index (χ3n) is 3.12. The van der Waals surface area contributed by atoms with E-state index < -0.39 is 11.8 Å². The highest BCUT2D eigenvalue weighted by molar-refractivity contribution is 5.88. The first-order chi connectivity index (χ1) is 11.2. The summed E-state index contributed by atoms with van der Waals surface area (Å²) in [5.41, 5.74) is 3.58. The number of amides is 1. The monoisotopic (exact) mass is 309 g/mol. The molecule has 0 saturated carbocycles. The van der Waals surface area contributed by atoms with Gasteiger partial charge < -0.3 is 9.84 Å². The second kappa shape index (κ2) is 7.61. The minimum Gasteiger partial charge on any atom is -0.504 e. The zero-order valence-electron chi connectivity index (χ0n) is 12.4. The number of carbonyl (C=O) groups excluding carboxylic acids is 1. The fourth-order valence-electron chi connectivity index (χ4n) is 1.94. The molecule has 116 valence electrons. The topological polar surface area (TPSA) is 94.7 Å². The van der Waals surface area contributed by atoms with Crippen molar-refractivity contribution >= 4 is 12.1 Å². The van der Waals surface area contributed by atoms with Gasteiger partial charge in [0, 0.05) is 0 Å². The van der Waals surface area contributed by atoms with Crippen molar-refractivity contribution < 1.29 is 14.6 Å².